The topological polar surface area (TPSA) is 51.2 Å². The van der Waals surface area contributed by atoms with E-state index in [0.29, 0.717) is 16.1 Å². The van der Waals surface area contributed by atoms with E-state index < -0.39 is 6.61 Å². The van der Waals surface area contributed by atoms with Crippen LogP contribution in [-0.2, 0) is 6.54 Å². The number of hydrogen-bond acceptors (Lipinski definition) is 5. The second-order valence-electron chi connectivity index (χ2n) is 5.11. The third kappa shape index (κ3) is 4.21. The van der Waals surface area contributed by atoms with Crippen molar-refractivity contribution in [3.05, 3.63) is 57.2 Å². The minimum atomic E-state index is -2.91. The zero-order chi connectivity index (χ0) is 17.8. The minimum Gasteiger partial charge on any atom is -0.434 e. The smallest absolute Gasteiger partial charge is 0.387 e. The maximum absolute atomic E-state index is 12.4. The van der Waals surface area contributed by atoms with Crippen molar-refractivity contribution in [2.45, 2.75) is 20.1 Å². The molecule has 0 unspecified atom stereocenters. The highest BCUT2D eigenvalue weighted by molar-refractivity contribution is 7.17. The molecular formula is C17H14F2N2O2S2. The summed E-state index contributed by atoms with van der Waals surface area (Å²) in [5.74, 6) is -0.235. The lowest BCUT2D eigenvalue weighted by molar-refractivity contribution is -0.0504. The van der Waals surface area contributed by atoms with Crippen LogP contribution in [0, 0.1) is 6.92 Å². The molecule has 1 amide bonds. The summed E-state index contributed by atoms with van der Waals surface area (Å²) < 4.78 is 29.3. The Balaban J connectivity index is 1.72. The number of carbonyl (C=O) groups is 1. The molecule has 0 saturated heterocycles. The molecule has 0 saturated carbocycles. The van der Waals surface area contributed by atoms with Gasteiger partial charge in [-0.15, -0.1) is 11.3 Å². The highest BCUT2D eigenvalue weighted by atomic mass is 32.1. The van der Waals surface area contributed by atoms with Crippen LogP contribution in [0.1, 0.15) is 20.9 Å². The summed E-state index contributed by atoms with van der Waals surface area (Å²) in [7, 11) is 0. The number of thiophene rings is 1. The highest BCUT2D eigenvalue weighted by Gasteiger charge is 2.17. The van der Waals surface area contributed by atoms with Gasteiger partial charge in [0.25, 0.3) is 5.91 Å². The van der Waals surface area contributed by atoms with Crippen LogP contribution in [0.4, 0.5) is 8.78 Å². The van der Waals surface area contributed by atoms with Crippen LogP contribution in [0.25, 0.3) is 10.6 Å². The number of para-hydroxylation sites is 1. The molecule has 130 valence electrons. The Bertz CT molecular complexity index is 863. The van der Waals surface area contributed by atoms with Gasteiger partial charge in [0.05, 0.1) is 5.69 Å². The fraction of sp³-hybridized carbons (Fsp3) is 0.176. The number of carbonyl (C=O) groups excluding carboxylic acids is 1. The lowest BCUT2D eigenvalue weighted by atomic mass is 10.2. The number of amides is 1. The highest BCUT2D eigenvalue weighted by Crippen LogP contribution is 2.29. The molecule has 0 aliphatic heterocycles. The van der Waals surface area contributed by atoms with Crippen LogP contribution in [0.3, 0.4) is 0 Å². The number of alkyl halides is 2. The number of nitrogens with zero attached hydrogens (tertiary/aromatic N) is 1. The average Bonchev–Trinajstić information content (AvgIpc) is 3.22. The summed E-state index contributed by atoms with van der Waals surface area (Å²) in [5, 5.41) is 7.44. The zero-order valence-electron chi connectivity index (χ0n) is 13.2. The lowest BCUT2D eigenvalue weighted by Crippen LogP contribution is -2.23. The maximum atomic E-state index is 12.4. The molecule has 4 nitrogen and oxygen atoms in total. The van der Waals surface area contributed by atoms with Crippen LogP contribution < -0.4 is 10.1 Å². The van der Waals surface area contributed by atoms with E-state index in [4.69, 9.17) is 0 Å². The number of ether oxygens (including phenoxy) is 1. The molecule has 1 aromatic carbocycles. The first-order valence-electron chi connectivity index (χ1n) is 7.35. The predicted octanol–water partition coefficient (Wildman–Crippen LogP) is 4.71. The van der Waals surface area contributed by atoms with Crippen molar-refractivity contribution in [3.8, 4) is 16.3 Å². The van der Waals surface area contributed by atoms with Gasteiger partial charge in [0.1, 0.15) is 15.6 Å². The number of hydrogen-bond donors (Lipinski definition) is 1. The summed E-state index contributed by atoms with van der Waals surface area (Å²) >= 11 is 2.87. The van der Waals surface area contributed by atoms with Crippen LogP contribution in [-0.4, -0.2) is 17.5 Å². The molecule has 0 atom stereocenters. The third-order valence-electron chi connectivity index (χ3n) is 3.40. The second kappa shape index (κ2) is 7.71. The molecule has 2 heterocycles. The Kier molecular flexibility index (Phi) is 5.40. The summed E-state index contributed by atoms with van der Waals surface area (Å²) in [4.78, 5) is 17.4. The molecule has 8 heteroatoms. The van der Waals surface area contributed by atoms with Crippen molar-refractivity contribution in [1.82, 2.24) is 10.3 Å². The Morgan fingerprint density at radius 2 is 2.12 bits per heavy atom. The van der Waals surface area contributed by atoms with Crippen LogP contribution >= 0.6 is 22.7 Å². The normalized spacial score (nSPS) is 10.9. The number of rotatable bonds is 6. The molecule has 0 aliphatic carbocycles. The van der Waals surface area contributed by atoms with Crippen molar-refractivity contribution in [2.24, 2.45) is 0 Å². The second-order valence-corrected chi connectivity index (χ2v) is 6.89. The Morgan fingerprint density at radius 3 is 2.84 bits per heavy atom. The molecule has 0 radical (unpaired) electrons. The van der Waals surface area contributed by atoms with Crippen molar-refractivity contribution in [1.29, 1.82) is 0 Å². The predicted molar refractivity (Wildman–Crippen MR) is 94.4 cm³/mol. The molecule has 2 aromatic heterocycles. The third-order valence-corrected chi connectivity index (χ3v) is 5.29. The number of halogens is 2. The Labute approximate surface area is 151 Å². The van der Waals surface area contributed by atoms with Crippen molar-refractivity contribution in [2.75, 3.05) is 0 Å². The standard InChI is InChI=1S/C17H14F2N2O2S2/c1-10-14(25-16(21-10)12-6-7-24-9-12)15(22)20-8-11-4-2-3-5-13(11)23-17(18)19/h2-7,9,17H,8H2,1H3,(H,20,22). The lowest BCUT2D eigenvalue weighted by Gasteiger charge is -2.11. The van der Waals surface area contributed by atoms with E-state index in [0.717, 1.165) is 10.6 Å². The number of aryl methyl sites for hydroxylation is 1. The zero-order valence-corrected chi connectivity index (χ0v) is 14.8. The van der Waals surface area contributed by atoms with Crippen molar-refractivity contribution in [3.63, 3.8) is 0 Å². The van der Waals surface area contributed by atoms with Gasteiger partial charge >= 0.3 is 6.61 Å². The average molecular weight is 380 g/mol. The maximum Gasteiger partial charge on any atom is 0.387 e. The fourth-order valence-electron chi connectivity index (χ4n) is 2.23. The molecule has 0 spiro atoms. The molecule has 0 aliphatic rings. The number of benzene rings is 1. The van der Waals surface area contributed by atoms with Gasteiger partial charge in [-0.25, -0.2) is 4.98 Å². The molecule has 3 aromatic rings. The number of aromatic nitrogens is 1. The van der Waals surface area contributed by atoms with E-state index in [9.17, 15) is 13.6 Å². The molecular weight excluding hydrogens is 366 g/mol. The van der Waals surface area contributed by atoms with Crippen molar-refractivity contribution < 1.29 is 18.3 Å². The summed E-state index contributed by atoms with van der Waals surface area (Å²) in [6, 6.07) is 8.33. The molecule has 0 bridgehead atoms. The van der Waals surface area contributed by atoms with E-state index in [1.807, 2.05) is 16.8 Å². The Morgan fingerprint density at radius 1 is 1.32 bits per heavy atom. The van der Waals surface area contributed by atoms with E-state index in [1.54, 1.807) is 36.5 Å². The Hall–Kier alpha value is -2.32. The van der Waals surface area contributed by atoms with Gasteiger partial charge in [-0.1, -0.05) is 18.2 Å². The SMILES string of the molecule is Cc1nc(-c2ccsc2)sc1C(=O)NCc1ccccc1OC(F)F. The van der Waals surface area contributed by atoms with Crippen molar-refractivity contribution >= 4 is 28.6 Å². The van der Waals surface area contributed by atoms with Gasteiger partial charge in [-0.05, 0) is 24.4 Å². The van der Waals surface area contributed by atoms with Gasteiger partial charge in [0.2, 0.25) is 0 Å². The number of thiazole rings is 1. The van der Waals surface area contributed by atoms with Crippen LogP contribution in [0.2, 0.25) is 0 Å². The van der Waals surface area contributed by atoms with E-state index >= 15 is 0 Å². The fourth-order valence-corrected chi connectivity index (χ4v) is 3.93. The van der Waals surface area contributed by atoms with E-state index in [1.165, 1.54) is 17.4 Å². The first kappa shape index (κ1) is 17.5. The van der Waals surface area contributed by atoms with Gasteiger partial charge in [-0.2, -0.15) is 20.1 Å². The van der Waals surface area contributed by atoms with Gasteiger partial charge in [0.15, 0.2) is 0 Å². The largest absolute Gasteiger partial charge is 0.434 e. The summed E-state index contributed by atoms with van der Waals surface area (Å²) in [6.07, 6.45) is 0. The number of nitrogens with one attached hydrogen (secondary N) is 1. The first-order chi connectivity index (χ1) is 12.0. The van der Waals surface area contributed by atoms with Crippen LogP contribution in [0.5, 0.6) is 5.75 Å². The van der Waals surface area contributed by atoms with Gasteiger partial charge in [0, 0.05) is 23.1 Å². The first-order valence-corrected chi connectivity index (χ1v) is 9.11. The molecule has 1 N–H and O–H groups in total. The molecule has 25 heavy (non-hydrogen) atoms. The quantitative estimate of drug-likeness (QED) is 0.674. The molecule has 3 rings (SSSR count). The van der Waals surface area contributed by atoms with Gasteiger partial charge < -0.3 is 10.1 Å². The van der Waals surface area contributed by atoms with E-state index in [-0.39, 0.29) is 18.2 Å². The monoisotopic (exact) mass is 380 g/mol. The minimum absolute atomic E-state index is 0.0535. The summed E-state index contributed by atoms with van der Waals surface area (Å²) in [6.45, 7) is -1.05. The van der Waals surface area contributed by atoms with Gasteiger partial charge in [-0.3, -0.25) is 4.79 Å². The van der Waals surface area contributed by atoms with Crippen LogP contribution in [0.15, 0.2) is 41.1 Å². The molecule has 0 fully saturated rings. The van der Waals surface area contributed by atoms with E-state index in [2.05, 4.69) is 15.0 Å². The summed E-state index contributed by atoms with van der Waals surface area (Å²) in [5.41, 5.74) is 2.10.